The summed E-state index contributed by atoms with van der Waals surface area (Å²) >= 11 is 5.78. The molecule has 0 atom stereocenters. The number of pyridine rings is 2. The van der Waals surface area contributed by atoms with Gasteiger partial charge in [-0.05, 0) is 0 Å². The molecule has 5 rings (SSSR count). The van der Waals surface area contributed by atoms with Crippen molar-refractivity contribution < 1.29 is 9.53 Å². The minimum absolute atomic E-state index is 0.279. The Morgan fingerprint density at radius 3 is 2.61 bits per heavy atom. The zero-order valence-corrected chi connectivity index (χ0v) is 21.5. The van der Waals surface area contributed by atoms with E-state index in [1.807, 2.05) is 19.1 Å². The number of anilines is 1. The van der Waals surface area contributed by atoms with Crippen molar-refractivity contribution in [3.8, 4) is 34.2 Å². The molecular weight excluding hydrogens is 545 g/mol. The van der Waals surface area contributed by atoms with Gasteiger partial charge in [-0.1, -0.05) is 0 Å². The third kappa shape index (κ3) is 4.68. The van der Waals surface area contributed by atoms with Gasteiger partial charge in [0.2, 0.25) is 0 Å². The molecular formula is C25H16ClN7O2Se. The number of amides is 1. The van der Waals surface area contributed by atoms with E-state index in [-0.39, 0.29) is 25.6 Å². The van der Waals surface area contributed by atoms with E-state index < -0.39 is 0 Å². The Labute approximate surface area is 216 Å². The second kappa shape index (κ2) is 9.83. The second-order valence-electron chi connectivity index (χ2n) is 7.62. The number of halogens is 1. The molecule has 9 nitrogen and oxygen atoms in total. The maximum absolute atomic E-state index is 13.3. The number of nitriles is 1. The Morgan fingerprint density at radius 2 is 1.86 bits per heavy atom. The summed E-state index contributed by atoms with van der Waals surface area (Å²) in [6, 6.07) is 12.7. The molecule has 0 unspecified atom stereocenters. The zero-order chi connectivity index (χ0) is 25.2. The van der Waals surface area contributed by atoms with Gasteiger partial charge in [-0.2, -0.15) is 0 Å². The molecule has 0 aliphatic carbocycles. The van der Waals surface area contributed by atoms with Crippen molar-refractivity contribution in [1.29, 1.82) is 5.26 Å². The molecule has 0 aliphatic rings. The number of carbonyl (C=O) groups excluding carboxylic acids is 1. The number of carbonyl (C=O) groups is 1. The number of nitrogens with zero attached hydrogens (tertiary/aromatic N) is 6. The van der Waals surface area contributed by atoms with E-state index in [0.717, 1.165) is 11.3 Å². The van der Waals surface area contributed by atoms with Gasteiger partial charge in [0.1, 0.15) is 0 Å². The SMILES string of the molecule is COc1cnc(Cl)cc1-c1cc(C)ncc1C(=O)Nc1nc2ncc(-c3ccc(C#N)cc3)nc2[se]1. The second-order valence-corrected chi connectivity index (χ2v) is 10.1. The fourth-order valence-electron chi connectivity index (χ4n) is 3.55. The van der Waals surface area contributed by atoms with Gasteiger partial charge >= 0.3 is 217 Å². The van der Waals surface area contributed by atoms with Crippen molar-refractivity contribution >= 4 is 46.7 Å². The molecule has 0 bridgehead atoms. The summed E-state index contributed by atoms with van der Waals surface area (Å²) in [7, 11) is 1.53. The zero-order valence-electron chi connectivity index (χ0n) is 19.0. The fourth-order valence-corrected chi connectivity index (χ4v) is 5.37. The topological polar surface area (TPSA) is 127 Å². The van der Waals surface area contributed by atoms with Crippen molar-refractivity contribution in [2.75, 3.05) is 12.4 Å². The summed E-state index contributed by atoms with van der Waals surface area (Å²) in [4.78, 5) is 35.2. The van der Waals surface area contributed by atoms with E-state index in [9.17, 15) is 4.79 Å². The monoisotopic (exact) mass is 561 g/mol. The van der Waals surface area contributed by atoms with Crippen LogP contribution in [0.4, 0.5) is 4.69 Å². The molecule has 5 aromatic rings. The third-order valence-electron chi connectivity index (χ3n) is 5.28. The molecule has 0 spiro atoms. The molecule has 0 aliphatic heterocycles. The Bertz CT molecular complexity index is 1660. The van der Waals surface area contributed by atoms with Gasteiger partial charge in [-0.25, -0.2) is 0 Å². The molecule has 4 heterocycles. The number of nitrogens with one attached hydrogen (secondary N) is 1. The molecule has 0 fully saturated rings. The van der Waals surface area contributed by atoms with Crippen LogP contribution in [0, 0.1) is 18.3 Å². The van der Waals surface area contributed by atoms with E-state index in [0.29, 0.717) is 48.4 Å². The molecule has 0 radical (unpaired) electrons. The predicted octanol–water partition coefficient (Wildman–Crippen LogP) is 4.30. The van der Waals surface area contributed by atoms with Crippen LogP contribution in [0.25, 0.3) is 32.4 Å². The van der Waals surface area contributed by atoms with Crippen LogP contribution in [0.15, 0.2) is 55.0 Å². The van der Waals surface area contributed by atoms with Gasteiger partial charge in [-0.3, -0.25) is 0 Å². The first-order valence-corrected chi connectivity index (χ1v) is 12.7. The molecule has 4 aromatic heterocycles. The molecule has 1 N–H and O–H groups in total. The summed E-state index contributed by atoms with van der Waals surface area (Å²) < 4.78 is 6.64. The van der Waals surface area contributed by atoms with Crippen LogP contribution >= 0.6 is 11.6 Å². The van der Waals surface area contributed by atoms with E-state index in [2.05, 4.69) is 36.3 Å². The number of aryl methyl sites for hydroxylation is 1. The molecule has 1 aromatic carbocycles. The number of ether oxygens (including phenoxy) is 1. The number of hydrogen-bond acceptors (Lipinski definition) is 8. The van der Waals surface area contributed by atoms with Gasteiger partial charge in [0.05, 0.1) is 0 Å². The summed E-state index contributed by atoms with van der Waals surface area (Å²) in [5, 5.41) is 12.2. The first-order valence-electron chi connectivity index (χ1n) is 10.6. The number of aromatic nitrogens is 5. The number of rotatable bonds is 5. The van der Waals surface area contributed by atoms with Crippen molar-refractivity contribution in [3.05, 3.63) is 77.0 Å². The Kier molecular flexibility index (Phi) is 6.44. The minimum atomic E-state index is -0.367. The Hall–Kier alpha value is -4.16. The Morgan fingerprint density at radius 1 is 1.06 bits per heavy atom. The summed E-state index contributed by atoms with van der Waals surface area (Å²) in [6.45, 7) is 1.84. The quantitative estimate of drug-likeness (QED) is 0.249. The van der Waals surface area contributed by atoms with Crippen LogP contribution in [0.3, 0.4) is 0 Å². The Balaban J connectivity index is 1.47. The van der Waals surface area contributed by atoms with Crippen LogP contribution in [-0.2, 0) is 0 Å². The van der Waals surface area contributed by atoms with Crippen LogP contribution in [0.2, 0.25) is 5.15 Å². The average molecular weight is 561 g/mol. The summed E-state index contributed by atoms with van der Waals surface area (Å²) in [5.41, 5.74) is 4.89. The fraction of sp³-hybridized carbons (Fsp3) is 0.0800. The molecule has 0 saturated heterocycles. The number of fused-ring (bicyclic) bond motifs is 1. The van der Waals surface area contributed by atoms with Gasteiger partial charge in [0.25, 0.3) is 0 Å². The third-order valence-corrected chi connectivity index (χ3v) is 7.28. The summed E-state index contributed by atoms with van der Waals surface area (Å²) in [6.07, 6.45) is 4.66. The predicted molar refractivity (Wildman–Crippen MR) is 136 cm³/mol. The standard InChI is InChI=1S/C25H16ClN7O2Se/c1-13-7-16(17-8-21(26)29-12-20(17)35-2)18(10-28-13)23(34)33-25-32-22-24(36-25)31-19(11-30-22)15-5-3-14(9-27)4-6-15/h3-8,10-12H,1-2H3,(H,30,32,33,34). The van der Waals surface area contributed by atoms with E-state index in [4.69, 9.17) is 21.6 Å². The normalized spacial score (nSPS) is 10.7. The molecule has 11 heteroatoms. The van der Waals surface area contributed by atoms with Crippen LogP contribution in [0.1, 0.15) is 21.6 Å². The van der Waals surface area contributed by atoms with Crippen LogP contribution in [0.5, 0.6) is 5.75 Å². The van der Waals surface area contributed by atoms with Crippen LogP contribution < -0.4 is 10.1 Å². The van der Waals surface area contributed by atoms with Gasteiger partial charge in [-0.15, -0.1) is 0 Å². The van der Waals surface area contributed by atoms with Crippen molar-refractivity contribution in [2.24, 2.45) is 0 Å². The molecule has 0 saturated carbocycles. The number of benzene rings is 1. The molecule has 176 valence electrons. The van der Waals surface area contributed by atoms with E-state index in [1.54, 1.807) is 30.5 Å². The molecule has 36 heavy (non-hydrogen) atoms. The molecule has 1 amide bonds. The first kappa shape index (κ1) is 23.6. The maximum atomic E-state index is 13.3. The van der Waals surface area contributed by atoms with Crippen molar-refractivity contribution in [3.63, 3.8) is 0 Å². The number of hydrogen-bond donors (Lipinski definition) is 1. The number of methoxy groups -OCH3 is 1. The average Bonchev–Trinajstić information content (AvgIpc) is 3.30. The van der Waals surface area contributed by atoms with Crippen molar-refractivity contribution in [2.45, 2.75) is 6.92 Å². The van der Waals surface area contributed by atoms with E-state index >= 15 is 0 Å². The van der Waals surface area contributed by atoms with Crippen LogP contribution in [-0.4, -0.2) is 52.4 Å². The first-order chi connectivity index (χ1) is 17.4. The van der Waals surface area contributed by atoms with Gasteiger partial charge in [0, 0.05) is 0 Å². The van der Waals surface area contributed by atoms with Gasteiger partial charge < -0.3 is 0 Å². The van der Waals surface area contributed by atoms with E-state index in [1.165, 1.54) is 19.5 Å². The summed E-state index contributed by atoms with van der Waals surface area (Å²) in [5.74, 6) is 0.117. The van der Waals surface area contributed by atoms with Gasteiger partial charge in [0.15, 0.2) is 0 Å². The van der Waals surface area contributed by atoms with Crippen molar-refractivity contribution in [1.82, 2.24) is 24.9 Å².